The van der Waals surface area contributed by atoms with Crippen LogP contribution in [-0.2, 0) is 25.5 Å². The first kappa shape index (κ1) is 38.1. The molecular formula is C50H46N4O4. The average Bonchev–Trinajstić information content (AvgIpc) is 3.90. The highest BCUT2D eigenvalue weighted by atomic mass is 16.5. The summed E-state index contributed by atoms with van der Waals surface area (Å²) in [7, 11) is 2.82. The van der Waals surface area contributed by atoms with E-state index in [-0.39, 0.29) is 24.8 Å². The van der Waals surface area contributed by atoms with E-state index in [4.69, 9.17) is 19.4 Å². The number of aryl methyl sites for hydroxylation is 3. The second-order valence-corrected chi connectivity index (χ2v) is 15.0. The Morgan fingerprint density at radius 1 is 0.638 bits per heavy atom. The maximum absolute atomic E-state index is 12.5. The Morgan fingerprint density at radius 2 is 1.22 bits per heavy atom. The van der Waals surface area contributed by atoms with Gasteiger partial charge in [0.1, 0.15) is 0 Å². The summed E-state index contributed by atoms with van der Waals surface area (Å²) in [4.78, 5) is 42.6. The first-order valence-electron chi connectivity index (χ1n) is 19.6. The topological polar surface area (TPSA) is 110 Å². The number of carbonyl (C=O) groups is 2. The molecule has 8 heteroatoms. The molecule has 2 N–H and O–H groups in total. The molecule has 0 radical (unpaired) electrons. The zero-order chi connectivity index (χ0) is 40.7. The minimum Gasteiger partial charge on any atom is -0.469 e. The lowest BCUT2D eigenvalue weighted by atomic mass is 9.96. The molecule has 6 aromatic rings. The van der Waals surface area contributed by atoms with Crippen LogP contribution in [0.1, 0.15) is 83.7 Å². The largest absolute Gasteiger partial charge is 0.469 e. The van der Waals surface area contributed by atoms with E-state index in [0.717, 1.165) is 95.0 Å². The number of ether oxygens (including phenoxy) is 2. The Kier molecular flexibility index (Phi) is 10.3. The van der Waals surface area contributed by atoms with Crippen LogP contribution in [0.4, 0.5) is 0 Å². The van der Waals surface area contributed by atoms with Crippen LogP contribution < -0.4 is 0 Å². The predicted molar refractivity (Wildman–Crippen MR) is 238 cm³/mol. The van der Waals surface area contributed by atoms with Gasteiger partial charge in [-0.3, -0.25) is 9.59 Å². The second-order valence-electron chi connectivity index (χ2n) is 15.0. The molecule has 8 rings (SSSR count). The van der Waals surface area contributed by atoms with E-state index in [0.29, 0.717) is 12.8 Å². The summed E-state index contributed by atoms with van der Waals surface area (Å²) >= 11 is 0. The van der Waals surface area contributed by atoms with E-state index in [1.807, 2.05) is 19.1 Å². The molecule has 0 amide bonds. The fourth-order valence-electron chi connectivity index (χ4n) is 8.31. The quantitative estimate of drug-likeness (QED) is 0.112. The van der Waals surface area contributed by atoms with Gasteiger partial charge in [0.05, 0.1) is 37.0 Å². The van der Waals surface area contributed by atoms with Crippen molar-refractivity contribution in [2.45, 2.75) is 53.4 Å². The number of carbonyl (C=O) groups excluding carboxylic acids is 2. The molecule has 3 aromatic carbocycles. The van der Waals surface area contributed by atoms with Crippen molar-refractivity contribution in [3.63, 3.8) is 0 Å². The minimum atomic E-state index is -0.284. The Bertz CT molecular complexity index is 2970. The van der Waals surface area contributed by atoms with Gasteiger partial charge in [0.25, 0.3) is 0 Å². The number of H-pyrrole nitrogens is 2. The van der Waals surface area contributed by atoms with E-state index in [1.165, 1.54) is 35.8 Å². The molecule has 8 bridgehead atoms. The Morgan fingerprint density at radius 3 is 1.97 bits per heavy atom. The van der Waals surface area contributed by atoms with Gasteiger partial charge in [-0.05, 0) is 131 Å². The third-order valence-corrected chi connectivity index (χ3v) is 11.7. The van der Waals surface area contributed by atoms with Crippen molar-refractivity contribution in [1.29, 1.82) is 0 Å². The van der Waals surface area contributed by atoms with E-state index >= 15 is 0 Å². The average molecular weight is 767 g/mol. The molecule has 0 aliphatic carbocycles. The van der Waals surface area contributed by atoms with Crippen LogP contribution >= 0.6 is 0 Å². The number of aromatic amines is 2. The van der Waals surface area contributed by atoms with Crippen molar-refractivity contribution < 1.29 is 19.1 Å². The smallest absolute Gasteiger partial charge is 0.305 e. The zero-order valence-electron chi connectivity index (χ0n) is 33.8. The molecule has 8 nitrogen and oxygen atoms in total. The molecule has 3 aromatic heterocycles. The van der Waals surface area contributed by atoms with Crippen LogP contribution in [0, 0.1) is 13.8 Å². The van der Waals surface area contributed by atoms with Crippen LogP contribution in [0.15, 0.2) is 91.5 Å². The van der Waals surface area contributed by atoms with Gasteiger partial charge in [-0.15, -0.1) is 0 Å². The fourth-order valence-corrected chi connectivity index (χ4v) is 8.31. The van der Waals surface area contributed by atoms with Gasteiger partial charge in [0.2, 0.25) is 0 Å². The van der Waals surface area contributed by atoms with Crippen molar-refractivity contribution in [1.82, 2.24) is 19.9 Å². The Hall–Kier alpha value is -6.80. The molecule has 0 spiro atoms. The third-order valence-electron chi connectivity index (χ3n) is 11.7. The summed E-state index contributed by atoms with van der Waals surface area (Å²) in [6.45, 7) is 12.5. The number of nitrogens with zero attached hydrogens (tertiary/aromatic N) is 2. The first-order valence-corrected chi connectivity index (χ1v) is 19.6. The molecule has 58 heavy (non-hydrogen) atoms. The van der Waals surface area contributed by atoms with Gasteiger partial charge in [-0.1, -0.05) is 73.3 Å². The van der Waals surface area contributed by atoms with Crippen molar-refractivity contribution in [3.05, 3.63) is 142 Å². The van der Waals surface area contributed by atoms with Gasteiger partial charge < -0.3 is 19.4 Å². The number of esters is 2. The maximum Gasteiger partial charge on any atom is 0.305 e. The standard InChI is InChI=1S/C50H46N4O4/c1-8-34-28(2)41-24-42-30(4)36(19-21-49(55)57-6)47(52-42)27-48-37(20-22-50(56)58-7)31(5)44(54-48)26-46-35(29(3)43(53-46)25-45(34)51-41)18-17-33-23-32-13-9-10-14-38(32)40-16-12-11-15-39(33)40/h8-18,23-27,51,54H,1,19-22H2,2-7H3/b18-17+,41-24?,42-24?,43-25?,44-26?,45-25?,46-26?,47-27?,48-27?. The number of hydrogen-bond donors (Lipinski definition) is 2. The first-order chi connectivity index (χ1) is 28.1. The molecule has 290 valence electrons. The molecule has 2 aliphatic rings. The summed E-state index contributed by atoms with van der Waals surface area (Å²) in [5, 5.41) is 4.80. The Labute approximate surface area is 337 Å². The summed E-state index contributed by atoms with van der Waals surface area (Å²) < 4.78 is 10.1. The van der Waals surface area contributed by atoms with E-state index in [1.54, 1.807) is 0 Å². The number of rotatable bonds is 9. The lowest BCUT2D eigenvalue weighted by Crippen LogP contribution is -2.02. The highest BCUT2D eigenvalue weighted by molar-refractivity contribution is 6.11. The summed E-state index contributed by atoms with van der Waals surface area (Å²) in [6.07, 6.45) is 7.62. The summed E-state index contributed by atoms with van der Waals surface area (Å²) in [5.41, 5.74) is 15.9. The van der Waals surface area contributed by atoms with E-state index in [9.17, 15) is 9.59 Å². The van der Waals surface area contributed by atoms with Crippen LogP contribution in [0.3, 0.4) is 0 Å². The van der Waals surface area contributed by atoms with Gasteiger partial charge in [0, 0.05) is 46.0 Å². The number of aromatic nitrogens is 4. The normalized spacial score (nSPS) is 12.9. The predicted octanol–water partition coefficient (Wildman–Crippen LogP) is 11.5. The number of benzene rings is 3. The third kappa shape index (κ3) is 6.95. The van der Waals surface area contributed by atoms with Crippen LogP contribution in [0.2, 0.25) is 0 Å². The summed E-state index contributed by atoms with van der Waals surface area (Å²) in [5.74, 6) is -0.567. The van der Waals surface area contributed by atoms with Gasteiger partial charge in [-0.25, -0.2) is 9.97 Å². The van der Waals surface area contributed by atoms with E-state index in [2.05, 4.69) is 122 Å². The molecule has 2 aliphatic heterocycles. The van der Waals surface area contributed by atoms with Crippen molar-refractivity contribution in [2.75, 3.05) is 14.2 Å². The van der Waals surface area contributed by atoms with Crippen LogP contribution in [0.25, 0.3) is 78.1 Å². The molecule has 0 fully saturated rings. The molecule has 0 saturated carbocycles. The van der Waals surface area contributed by atoms with Crippen molar-refractivity contribution in [2.24, 2.45) is 0 Å². The van der Waals surface area contributed by atoms with Crippen LogP contribution in [-0.4, -0.2) is 46.1 Å². The lowest BCUT2D eigenvalue weighted by molar-refractivity contribution is -0.141. The number of methoxy groups -OCH3 is 2. The van der Waals surface area contributed by atoms with Gasteiger partial charge >= 0.3 is 11.9 Å². The number of allylic oxidation sites excluding steroid dienone is 5. The van der Waals surface area contributed by atoms with Crippen molar-refractivity contribution in [3.8, 4) is 0 Å². The lowest BCUT2D eigenvalue weighted by Gasteiger charge is -2.08. The maximum atomic E-state index is 12.5. The van der Waals surface area contributed by atoms with Gasteiger partial charge in [-0.2, -0.15) is 0 Å². The minimum absolute atomic E-state index is 0.220. The fraction of sp³-hybridized carbons (Fsp3) is 0.200. The highest BCUT2D eigenvalue weighted by Gasteiger charge is 2.21. The number of fused-ring (bicyclic) bond motifs is 11. The summed E-state index contributed by atoms with van der Waals surface area (Å²) in [6, 6.07) is 27.6. The highest BCUT2D eigenvalue weighted by Crippen LogP contribution is 2.38. The van der Waals surface area contributed by atoms with E-state index < -0.39 is 0 Å². The SMILES string of the molecule is C=Cc1c(C)c2cc3nc(cc4[nH]c(cc5nc(cc1[nH]2)C(C)=C5/C=C/c1cc2ccccc2c2ccccc12)c(C)c4CCC(=O)OC)C(CCC(=O)OC)=C3C. The van der Waals surface area contributed by atoms with Gasteiger partial charge in [0.15, 0.2) is 0 Å². The monoisotopic (exact) mass is 766 g/mol. The van der Waals surface area contributed by atoms with Crippen molar-refractivity contribution >= 4 is 90.0 Å². The number of hydrogen-bond acceptors (Lipinski definition) is 6. The molecule has 0 atom stereocenters. The molecule has 0 unspecified atom stereocenters. The molecular weight excluding hydrogens is 721 g/mol. The molecule has 0 saturated heterocycles. The second kappa shape index (κ2) is 15.6. The molecule has 5 heterocycles. The zero-order valence-corrected chi connectivity index (χ0v) is 33.8. The Balaban J connectivity index is 1.40. The number of nitrogens with one attached hydrogen (secondary N) is 2. The van der Waals surface area contributed by atoms with Crippen LogP contribution in [0.5, 0.6) is 0 Å².